The van der Waals surface area contributed by atoms with Crippen molar-refractivity contribution >= 4 is 5.97 Å². The van der Waals surface area contributed by atoms with E-state index in [-0.39, 0.29) is 12.1 Å². The van der Waals surface area contributed by atoms with Crippen molar-refractivity contribution in [3.8, 4) is 0 Å². The third-order valence-electron chi connectivity index (χ3n) is 8.74. The fourth-order valence-electron chi connectivity index (χ4n) is 5.77. The topological polar surface area (TPSA) is 29.5 Å². The number of esters is 1. The van der Waals surface area contributed by atoms with Crippen LogP contribution in [0.4, 0.5) is 0 Å². The molecular weight excluding hydrogens is 562 g/mol. The van der Waals surface area contributed by atoms with E-state index < -0.39 is 0 Å². The van der Waals surface area contributed by atoms with Gasteiger partial charge in [0.2, 0.25) is 0 Å². The highest BCUT2D eigenvalue weighted by molar-refractivity contribution is 5.69. The van der Waals surface area contributed by atoms with Gasteiger partial charge in [-0.25, -0.2) is 0 Å². The van der Waals surface area contributed by atoms with E-state index in [1.807, 2.05) is 0 Å². The minimum atomic E-state index is 0.00641. The highest BCUT2D eigenvalue weighted by Gasteiger charge is 2.14. The number of hydrogen-bond acceptors (Lipinski definition) is 3. The summed E-state index contributed by atoms with van der Waals surface area (Å²) in [6, 6.07) is 0. The van der Waals surface area contributed by atoms with Crippen LogP contribution in [0.3, 0.4) is 0 Å². The Hall–Kier alpha value is -1.61. The van der Waals surface area contributed by atoms with Gasteiger partial charge in [0.1, 0.15) is 6.10 Å². The summed E-state index contributed by atoms with van der Waals surface area (Å²) < 4.78 is 6.00. The first kappa shape index (κ1) is 44.4. The molecule has 1 unspecified atom stereocenters. The van der Waals surface area contributed by atoms with Gasteiger partial charge in [0.25, 0.3) is 0 Å². The first-order chi connectivity index (χ1) is 22.6. The molecule has 0 aliphatic heterocycles. The molecule has 268 valence electrons. The Morgan fingerprint density at radius 1 is 0.500 bits per heavy atom. The molecule has 0 saturated carbocycles. The van der Waals surface area contributed by atoms with Crippen molar-refractivity contribution in [2.75, 3.05) is 20.6 Å². The van der Waals surface area contributed by atoms with E-state index >= 15 is 0 Å². The average Bonchev–Trinajstić information content (AvgIpc) is 3.04. The predicted octanol–water partition coefficient (Wildman–Crippen LogP) is 13.6. The third-order valence-corrected chi connectivity index (χ3v) is 8.74. The summed E-state index contributed by atoms with van der Waals surface area (Å²) in [7, 11) is 4.12. The highest BCUT2D eigenvalue weighted by atomic mass is 16.5. The van der Waals surface area contributed by atoms with Crippen molar-refractivity contribution in [2.45, 2.75) is 200 Å². The van der Waals surface area contributed by atoms with Crippen molar-refractivity contribution in [3.63, 3.8) is 0 Å². The Labute approximate surface area is 288 Å². The van der Waals surface area contributed by atoms with Gasteiger partial charge >= 0.3 is 5.97 Å². The van der Waals surface area contributed by atoms with Gasteiger partial charge in [-0.15, -0.1) is 0 Å². The van der Waals surface area contributed by atoms with Crippen LogP contribution in [0.25, 0.3) is 0 Å². The normalized spacial score (nSPS) is 13.0. The second-order valence-electron chi connectivity index (χ2n) is 13.8. The van der Waals surface area contributed by atoms with Crippen molar-refractivity contribution in [1.82, 2.24) is 4.90 Å². The van der Waals surface area contributed by atoms with Gasteiger partial charge in [0.05, 0.1) is 0 Å². The molecule has 0 heterocycles. The van der Waals surface area contributed by atoms with E-state index in [4.69, 9.17) is 4.74 Å². The lowest BCUT2D eigenvalue weighted by Gasteiger charge is -2.18. The third kappa shape index (κ3) is 36.9. The lowest BCUT2D eigenvalue weighted by Crippen LogP contribution is -2.20. The number of rotatable bonds is 35. The number of ether oxygens (including phenoxy) is 1. The standard InChI is InChI=1S/C43H79NO2/c1-5-7-9-11-13-15-17-19-21-23-25-27-29-31-33-35-38-42(46-43(45)40-37-41-44(3)4)39-36-34-32-30-28-26-24-22-20-18-16-14-12-10-8-6-2/h13-16,19-22,42H,5-12,17-18,23-41H2,1-4H3/b15-13-,16-14+,21-19-,22-20+. The number of allylic oxidation sites excluding steroid dienone is 8. The molecule has 0 saturated heterocycles. The van der Waals surface area contributed by atoms with E-state index in [1.54, 1.807) is 0 Å². The molecule has 0 aliphatic carbocycles. The summed E-state index contributed by atoms with van der Waals surface area (Å²) in [4.78, 5) is 14.7. The SMILES string of the molecule is CCCCC/C=C\C/C=C\CCCCCCCCC(CCCCCCCC/C=C/C/C=C/CCCCC)OC(=O)CCCN(C)C. The van der Waals surface area contributed by atoms with Crippen LogP contribution in [0.15, 0.2) is 48.6 Å². The molecule has 3 heteroatoms. The van der Waals surface area contributed by atoms with Gasteiger partial charge in [0.15, 0.2) is 0 Å². The second kappa shape index (κ2) is 37.8. The highest BCUT2D eigenvalue weighted by Crippen LogP contribution is 2.18. The van der Waals surface area contributed by atoms with Crippen molar-refractivity contribution in [3.05, 3.63) is 48.6 Å². The van der Waals surface area contributed by atoms with Crippen molar-refractivity contribution < 1.29 is 9.53 Å². The molecule has 0 bridgehead atoms. The van der Waals surface area contributed by atoms with Crippen molar-refractivity contribution in [2.24, 2.45) is 0 Å². The molecular formula is C43H79NO2. The Balaban J connectivity index is 4.01. The van der Waals surface area contributed by atoms with E-state index in [0.29, 0.717) is 6.42 Å². The number of unbranched alkanes of at least 4 members (excludes halogenated alkanes) is 18. The molecule has 0 rings (SSSR count). The van der Waals surface area contributed by atoms with Crippen LogP contribution >= 0.6 is 0 Å². The Morgan fingerprint density at radius 3 is 1.26 bits per heavy atom. The van der Waals surface area contributed by atoms with Crippen LogP contribution in [0.1, 0.15) is 194 Å². The lowest BCUT2D eigenvalue weighted by atomic mass is 10.0. The van der Waals surface area contributed by atoms with Crippen LogP contribution in [0, 0.1) is 0 Å². The molecule has 46 heavy (non-hydrogen) atoms. The minimum absolute atomic E-state index is 0.00641. The molecule has 0 aliphatic rings. The number of carbonyl (C=O) groups excluding carboxylic acids is 1. The molecule has 0 amide bonds. The first-order valence-electron chi connectivity index (χ1n) is 20.0. The van der Waals surface area contributed by atoms with E-state index in [1.165, 1.54) is 141 Å². The van der Waals surface area contributed by atoms with Crippen LogP contribution in [-0.2, 0) is 9.53 Å². The van der Waals surface area contributed by atoms with Gasteiger partial charge in [-0.05, 0) is 117 Å². The largest absolute Gasteiger partial charge is 0.462 e. The summed E-state index contributed by atoms with van der Waals surface area (Å²) in [5, 5.41) is 0. The molecule has 3 nitrogen and oxygen atoms in total. The van der Waals surface area contributed by atoms with Gasteiger partial charge in [-0.1, -0.05) is 140 Å². The maximum absolute atomic E-state index is 12.5. The molecule has 0 aromatic carbocycles. The Kier molecular flexibility index (Phi) is 36.5. The summed E-state index contributed by atoms with van der Waals surface area (Å²) in [6.45, 7) is 5.46. The first-order valence-corrected chi connectivity index (χ1v) is 20.0. The fraction of sp³-hybridized carbons (Fsp3) is 0.791. The molecule has 0 aromatic heterocycles. The van der Waals surface area contributed by atoms with Gasteiger partial charge in [-0.2, -0.15) is 0 Å². The Morgan fingerprint density at radius 2 is 0.870 bits per heavy atom. The molecule has 0 fully saturated rings. The van der Waals surface area contributed by atoms with E-state index in [9.17, 15) is 4.79 Å². The predicted molar refractivity (Wildman–Crippen MR) is 206 cm³/mol. The van der Waals surface area contributed by atoms with E-state index in [2.05, 4.69) is 81.5 Å². The Bertz CT molecular complexity index is 687. The molecule has 0 radical (unpaired) electrons. The zero-order chi connectivity index (χ0) is 33.6. The van der Waals surface area contributed by atoms with Crippen molar-refractivity contribution in [1.29, 1.82) is 0 Å². The summed E-state index contributed by atoms with van der Waals surface area (Å²) >= 11 is 0. The fourth-order valence-corrected chi connectivity index (χ4v) is 5.77. The maximum Gasteiger partial charge on any atom is 0.306 e. The smallest absolute Gasteiger partial charge is 0.306 e. The molecule has 1 atom stereocenters. The zero-order valence-electron chi connectivity index (χ0n) is 31.5. The van der Waals surface area contributed by atoms with Crippen LogP contribution in [-0.4, -0.2) is 37.6 Å². The monoisotopic (exact) mass is 642 g/mol. The van der Waals surface area contributed by atoms with Gasteiger partial charge in [-0.3, -0.25) is 4.79 Å². The summed E-state index contributed by atoms with van der Waals surface area (Å²) in [5.41, 5.74) is 0. The summed E-state index contributed by atoms with van der Waals surface area (Å²) in [6.07, 6.45) is 52.8. The van der Waals surface area contributed by atoms with Gasteiger partial charge < -0.3 is 9.64 Å². The maximum atomic E-state index is 12.5. The minimum Gasteiger partial charge on any atom is -0.462 e. The number of nitrogens with zero attached hydrogens (tertiary/aromatic N) is 1. The van der Waals surface area contributed by atoms with Crippen LogP contribution in [0.2, 0.25) is 0 Å². The molecule has 0 spiro atoms. The number of carbonyl (C=O) groups is 1. The second-order valence-corrected chi connectivity index (χ2v) is 13.8. The lowest BCUT2D eigenvalue weighted by molar-refractivity contribution is -0.150. The van der Waals surface area contributed by atoms with E-state index in [0.717, 1.165) is 38.6 Å². The molecule has 0 N–H and O–H groups in total. The zero-order valence-corrected chi connectivity index (χ0v) is 31.5. The van der Waals surface area contributed by atoms with Gasteiger partial charge in [0, 0.05) is 6.42 Å². The quantitative estimate of drug-likeness (QED) is 0.0392. The van der Waals surface area contributed by atoms with Crippen LogP contribution in [0.5, 0.6) is 0 Å². The molecule has 0 aromatic rings. The average molecular weight is 642 g/mol. The van der Waals surface area contributed by atoms with Crippen LogP contribution < -0.4 is 0 Å². The summed E-state index contributed by atoms with van der Waals surface area (Å²) in [5.74, 6) is 0.00641. The number of hydrogen-bond donors (Lipinski definition) is 0.